The lowest BCUT2D eigenvalue weighted by atomic mass is 10.00. The number of fused-ring (bicyclic) bond motifs is 1. The molecule has 2 aromatic carbocycles. The molecule has 0 saturated carbocycles. The minimum absolute atomic E-state index is 0.0586. The number of thioether (sulfide) groups is 1. The molecule has 0 fully saturated rings. The van der Waals surface area contributed by atoms with Gasteiger partial charge in [-0.05, 0) is 43.5 Å². The largest absolute Gasteiger partial charge is 0.335 e. The second-order valence-electron chi connectivity index (χ2n) is 6.87. The van der Waals surface area contributed by atoms with Crippen molar-refractivity contribution in [1.82, 2.24) is 0 Å². The van der Waals surface area contributed by atoms with Crippen molar-refractivity contribution in [3.63, 3.8) is 0 Å². The zero-order valence-electron chi connectivity index (χ0n) is 17.1. The Bertz CT molecular complexity index is 937. The Morgan fingerprint density at radius 3 is 2.43 bits per heavy atom. The maximum Gasteiger partial charge on any atom is 0.335 e. The van der Waals surface area contributed by atoms with Crippen molar-refractivity contribution >= 4 is 36.7 Å². The highest BCUT2D eigenvalue weighted by atomic mass is 32.2. The summed E-state index contributed by atoms with van der Waals surface area (Å²) >= 11 is 1.37. The monoisotopic (exact) mass is 447 g/mol. The minimum atomic E-state index is -3.17. The third-order valence-electron chi connectivity index (χ3n) is 4.68. The molecule has 2 aromatic rings. The highest BCUT2D eigenvalue weighted by Gasteiger charge is 2.27. The van der Waals surface area contributed by atoms with Gasteiger partial charge in [-0.25, -0.2) is 0 Å². The summed E-state index contributed by atoms with van der Waals surface area (Å²) < 4.78 is 23.3. The van der Waals surface area contributed by atoms with Gasteiger partial charge in [0.1, 0.15) is 0 Å². The number of rotatable bonds is 8. The molecule has 1 aliphatic heterocycles. The van der Waals surface area contributed by atoms with Crippen molar-refractivity contribution in [2.45, 2.75) is 31.7 Å². The summed E-state index contributed by atoms with van der Waals surface area (Å²) in [5.74, 6) is 0.216. The van der Waals surface area contributed by atoms with E-state index in [1.165, 1.54) is 11.8 Å². The molecular weight excluding hydrogens is 421 g/mol. The standard InChI is InChI=1S/C22H26NO5PS/c1-3-27-29(26,28-4-2)14-16-9-11-18(12-10-16)23-22(25)21-13-17-7-5-6-8-19(17)20(24)15-30-21/h5-12,21H,3-4,13-15H2,1-2H3,(H,23,25)/t21-/m1/s1. The van der Waals surface area contributed by atoms with E-state index >= 15 is 0 Å². The smallest absolute Gasteiger partial charge is 0.325 e. The zero-order chi connectivity index (χ0) is 21.6. The van der Waals surface area contributed by atoms with E-state index in [0.717, 1.165) is 11.1 Å². The van der Waals surface area contributed by atoms with Crippen molar-refractivity contribution < 1.29 is 23.2 Å². The first-order chi connectivity index (χ1) is 14.4. The van der Waals surface area contributed by atoms with Gasteiger partial charge in [0.2, 0.25) is 5.91 Å². The Kier molecular flexibility index (Phi) is 7.89. The van der Waals surface area contributed by atoms with Crippen LogP contribution in [0, 0.1) is 0 Å². The molecule has 1 heterocycles. The number of ketones is 1. The average Bonchev–Trinajstić information content (AvgIpc) is 2.89. The van der Waals surface area contributed by atoms with Crippen LogP contribution in [0.4, 0.5) is 5.69 Å². The molecule has 3 rings (SSSR count). The first kappa shape index (κ1) is 22.8. The molecule has 30 heavy (non-hydrogen) atoms. The van der Waals surface area contributed by atoms with Crippen LogP contribution in [-0.4, -0.2) is 35.9 Å². The van der Waals surface area contributed by atoms with Crippen LogP contribution in [0.15, 0.2) is 48.5 Å². The van der Waals surface area contributed by atoms with E-state index in [1.54, 1.807) is 38.1 Å². The first-order valence-electron chi connectivity index (χ1n) is 9.94. The number of hydrogen-bond acceptors (Lipinski definition) is 6. The number of Topliss-reactive ketones (excluding diaryl/α,β-unsaturated/α-hetero) is 1. The van der Waals surface area contributed by atoms with Gasteiger partial charge in [0.05, 0.1) is 30.4 Å². The van der Waals surface area contributed by atoms with Gasteiger partial charge in [-0.15, -0.1) is 11.8 Å². The number of nitrogens with one attached hydrogen (secondary N) is 1. The van der Waals surface area contributed by atoms with E-state index in [0.29, 0.717) is 30.9 Å². The number of anilines is 1. The molecule has 0 radical (unpaired) electrons. The summed E-state index contributed by atoms with van der Waals surface area (Å²) in [4.78, 5) is 25.1. The second-order valence-corrected chi connectivity index (χ2v) is 10.1. The number of hydrogen-bond donors (Lipinski definition) is 1. The Morgan fingerprint density at radius 2 is 1.77 bits per heavy atom. The molecule has 0 unspecified atom stereocenters. The minimum Gasteiger partial charge on any atom is -0.325 e. The fraction of sp³-hybridized carbons (Fsp3) is 0.364. The quantitative estimate of drug-likeness (QED) is 0.578. The van der Waals surface area contributed by atoms with Gasteiger partial charge in [0.25, 0.3) is 0 Å². The van der Waals surface area contributed by atoms with E-state index < -0.39 is 7.60 Å². The fourth-order valence-electron chi connectivity index (χ4n) is 3.31. The molecule has 0 spiro atoms. The second kappa shape index (κ2) is 10.4. The SMILES string of the molecule is CCOP(=O)(Cc1ccc(NC(=O)[C@H]2Cc3ccccc3C(=O)CS2)cc1)OCC. The van der Waals surface area contributed by atoms with Crippen LogP contribution >= 0.6 is 19.4 Å². The van der Waals surface area contributed by atoms with Crippen molar-refractivity contribution in [2.24, 2.45) is 0 Å². The topological polar surface area (TPSA) is 81.7 Å². The molecule has 0 bridgehead atoms. The molecule has 8 heteroatoms. The zero-order valence-corrected chi connectivity index (χ0v) is 18.8. The number of carbonyl (C=O) groups excluding carboxylic acids is 2. The Morgan fingerprint density at radius 1 is 1.10 bits per heavy atom. The predicted molar refractivity (Wildman–Crippen MR) is 120 cm³/mol. The van der Waals surface area contributed by atoms with Crippen molar-refractivity contribution in [3.05, 3.63) is 65.2 Å². The first-order valence-corrected chi connectivity index (χ1v) is 12.7. The van der Waals surface area contributed by atoms with E-state index in [-0.39, 0.29) is 28.9 Å². The molecule has 0 aliphatic carbocycles. The Labute approximate surface area is 181 Å². The van der Waals surface area contributed by atoms with E-state index in [4.69, 9.17) is 9.05 Å². The van der Waals surface area contributed by atoms with Crippen LogP contribution < -0.4 is 5.32 Å². The fourth-order valence-corrected chi connectivity index (χ4v) is 6.03. The molecule has 1 atom stereocenters. The van der Waals surface area contributed by atoms with Crippen LogP contribution in [0.2, 0.25) is 0 Å². The highest BCUT2D eigenvalue weighted by molar-refractivity contribution is 8.01. The molecule has 0 aromatic heterocycles. The third kappa shape index (κ3) is 5.82. The number of carbonyl (C=O) groups is 2. The number of amides is 1. The summed E-state index contributed by atoms with van der Waals surface area (Å²) in [7, 11) is -3.17. The van der Waals surface area contributed by atoms with Crippen LogP contribution in [0.25, 0.3) is 0 Å². The van der Waals surface area contributed by atoms with E-state index in [2.05, 4.69) is 5.32 Å². The lowest BCUT2D eigenvalue weighted by molar-refractivity contribution is -0.115. The normalized spacial score (nSPS) is 16.6. The van der Waals surface area contributed by atoms with Crippen LogP contribution in [0.3, 0.4) is 0 Å². The number of benzene rings is 2. The molecule has 0 saturated heterocycles. The lowest BCUT2D eigenvalue weighted by Crippen LogP contribution is -2.27. The Balaban J connectivity index is 1.65. The van der Waals surface area contributed by atoms with Crippen molar-refractivity contribution in [1.29, 1.82) is 0 Å². The van der Waals surface area contributed by atoms with Gasteiger partial charge in [0.15, 0.2) is 5.78 Å². The molecule has 1 aliphatic rings. The van der Waals surface area contributed by atoms with Gasteiger partial charge < -0.3 is 14.4 Å². The Hall–Kier alpha value is -1.92. The van der Waals surface area contributed by atoms with Gasteiger partial charge in [0, 0.05) is 11.3 Å². The van der Waals surface area contributed by atoms with Gasteiger partial charge in [-0.2, -0.15) is 0 Å². The van der Waals surface area contributed by atoms with E-state index in [1.807, 2.05) is 24.3 Å². The molecular formula is C22H26NO5PS. The third-order valence-corrected chi connectivity index (χ3v) is 7.95. The maximum atomic E-state index is 12.8. The highest BCUT2D eigenvalue weighted by Crippen LogP contribution is 2.51. The summed E-state index contributed by atoms with van der Waals surface area (Å²) in [6.45, 7) is 4.19. The van der Waals surface area contributed by atoms with Crippen molar-refractivity contribution in [3.8, 4) is 0 Å². The van der Waals surface area contributed by atoms with Gasteiger partial charge >= 0.3 is 7.60 Å². The van der Waals surface area contributed by atoms with Crippen LogP contribution in [0.1, 0.15) is 35.3 Å². The van der Waals surface area contributed by atoms with Crippen molar-refractivity contribution in [2.75, 3.05) is 24.3 Å². The lowest BCUT2D eigenvalue weighted by Gasteiger charge is -2.17. The summed E-state index contributed by atoms with van der Waals surface area (Å²) in [5, 5.41) is 2.58. The van der Waals surface area contributed by atoms with Crippen LogP contribution in [-0.2, 0) is 31.0 Å². The van der Waals surface area contributed by atoms with Gasteiger partial charge in [-0.1, -0.05) is 36.4 Å². The molecule has 1 N–H and O–H groups in total. The predicted octanol–water partition coefficient (Wildman–Crippen LogP) is 4.93. The van der Waals surface area contributed by atoms with E-state index in [9.17, 15) is 14.2 Å². The summed E-state index contributed by atoms with van der Waals surface area (Å²) in [6.07, 6.45) is 0.697. The molecule has 1 amide bonds. The van der Waals surface area contributed by atoms with Gasteiger partial charge in [-0.3, -0.25) is 14.2 Å². The summed E-state index contributed by atoms with van der Waals surface area (Å²) in [6, 6.07) is 14.6. The maximum absolute atomic E-state index is 12.8. The average molecular weight is 447 g/mol. The summed E-state index contributed by atoms with van der Waals surface area (Å²) in [5.41, 5.74) is 3.07. The van der Waals surface area contributed by atoms with Crippen LogP contribution in [0.5, 0.6) is 0 Å². The molecule has 160 valence electrons. The molecule has 6 nitrogen and oxygen atoms in total.